The van der Waals surface area contributed by atoms with E-state index >= 15 is 0 Å². The molecule has 0 bridgehead atoms. The van der Waals surface area contributed by atoms with Gasteiger partial charge in [-0.2, -0.15) is 0 Å². The molecule has 27 heavy (non-hydrogen) atoms. The molecular formula is C19H26ClN3O3S. The molecule has 148 valence electrons. The monoisotopic (exact) mass is 411 g/mol. The zero-order valence-corrected chi connectivity index (χ0v) is 17.1. The van der Waals surface area contributed by atoms with Crippen molar-refractivity contribution in [3.63, 3.8) is 0 Å². The van der Waals surface area contributed by atoms with Gasteiger partial charge in [0.25, 0.3) is 15.9 Å². The van der Waals surface area contributed by atoms with Gasteiger partial charge in [0.2, 0.25) is 0 Å². The maximum absolute atomic E-state index is 12.7. The topological polar surface area (TPSA) is 101 Å². The van der Waals surface area contributed by atoms with Gasteiger partial charge in [0.05, 0.1) is 10.6 Å². The average molecular weight is 412 g/mol. The highest BCUT2D eigenvalue weighted by Crippen LogP contribution is 2.21. The first-order valence-corrected chi connectivity index (χ1v) is 10.0. The first kappa shape index (κ1) is 23.0. The average Bonchev–Trinajstić information content (AvgIpc) is 2.60. The molecule has 0 unspecified atom stereocenters. The van der Waals surface area contributed by atoms with Crippen LogP contribution in [0.25, 0.3) is 0 Å². The number of nitrogens with two attached hydrogens (primary N) is 1. The summed E-state index contributed by atoms with van der Waals surface area (Å²) in [6, 6.07) is 11.7. The number of hydrogen-bond acceptors (Lipinski definition) is 4. The molecule has 0 heterocycles. The number of hydrogen-bond donors (Lipinski definition) is 3. The smallest absolute Gasteiger partial charge is 0.261 e. The van der Waals surface area contributed by atoms with E-state index in [1.807, 2.05) is 19.1 Å². The zero-order valence-electron chi connectivity index (χ0n) is 15.5. The molecule has 0 aliphatic carbocycles. The Morgan fingerprint density at radius 1 is 1.04 bits per heavy atom. The second-order valence-corrected chi connectivity index (χ2v) is 7.83. The third-order valence-electron chi connectivity index (χ3n) is 4.07. The molecule has 0 spiro atoms. The molecule has 0 aromatic heterocycles. The van der Waals surface area contributed by atoms with Crippen LogP contribution in [0.4, 0.5) is 5.69 Å². The molecule has 0 saturated carbocycles. The Morgan fingerprint density at radius 2 is 1.74 bits per heavy atom. The summed E-state index contributed by atoms with van der Waals surface area (Å²) in [7, 11) is -3.78. The predicted molar refractivity (Wildman–Crippen MR) is 111 cm³/mol. The van der Waals surface area contributed by atoms with Crippen LogP contribution in [0, 0.1) is 13.8 Å². The Balaban J connectivity index is 0.00000364. The third kappa shape index (κ3) is 6.23. The summed E-state index contributed by atoms with van der Waals surface area (Å²) in [6.07, 6.45) is 1.61. The highest BCUT2D eigenvalue weighted by Gasteiger charge is 2.18. The molecule has 0 atom stereocenters. The summed E-state index contributed by atoms with van der Waals surface area (Å²) in [5.41, 5.74) is 7.84. The fourth-order valence-corrected chi connectivity index (χ4v) is 3.63. The number of nitrogens with one attached hydrogen (secondary N) is 2. The summed E-state index contributed by atoms with van der Waals surface area (Å²) < 4.78 is 27.9. The molecule has 4 N–H and O–H groups in total. The number of anilines is 1. The largest absolute Gasteiger partial charge is 0.352 e. The van der Waals surface area contributed by atoms with Crippen molar-refractivity contribution in [2.24, 2.45) is 5.73 Å². The van der Waals surface area contributed by atoms with Crippen molar-refractivity contribution in [2.45, 2.75) is 31.6 Å². The maximum atomic E-state index is 12.7. The summed E-state index contributed by atoms with van der Waals surface area (Å²) in [6.45, 7) is 4.69. The molecule has 0 radical (unpaired) electrons. The number of halogens is 1. The van der Waals surface area contributed by atoms with Gasteiger partial charge in [-0.05, 0) is 62.6 Å². The zero-order chi connectivity index (χ0) is 19.2. The minimum absolute atomic E-state index is 0. The highest BCUT2D eigenvalue weighted by atomic mass is 35.5. The fourth-order valence-electron chi connectivity index (χ4n) is 2.47. The number of carbonyl (C=O) groups is 1. The SMILES string of the molecule is Cc1ccccc1NS(=O)(=O)c1ccc(C)c(C(=O)NCCCCN)c1.Cl. The molecule has 0 aliphatic heterocycles. The normalized spacial score (nSPS) is 10.8. The van der Waals surface area contributed by atoms with E-state index in [-0.39, 0.29) is 23.2 Å². The molecule has 2 rings (SSSR count). The van der Waals surface area contributed by atoms with Gasteiger partial charge in [0.1, 0.15) is 0 Å². The summed E-state index contributed by atoms with van der Waals surface area (Å²) in [4.78, 5) is 12.4. The van der Waals surface area contributed by atoms with Gasteiger partial charge in [0, 0.05) is 12.1 Å². The van der Waals surface area contributed by atoms with Crippen molar-refractivity contribution >= 4 is 34.0 Å². The van der Waals surface area contributed by atoms with Crippen LogP contribution in [0.3, 0.4) is 0 Å². The lowest BCUT2D eigenvalue weighted by Gasteiger charge is -2.13. The quantitative estimate of drug-likeness (QED) is 0.581. The van der Waals surface area contributed by atoms with Crippen molar-refractivity contribution in [3.05, 3.63) is 59.2 Å². The lowest BCUT2D eigenvalue weighted by molar-refractivity contribution is 0.0952. The number of carbonyl (C=O) groups excluding carboxylic acids is 1. The summed E-state index contributed by atoms with van der Waals surface area (Å²) >= 11 is 0. The van der Waals surface area contributed by atoms with Gasteiger partial charge in [0.15, 0.2) is 0 Å². The number of para-hydroxylation sites is 1. The lowest BCUT2D eigenvalue weighted by atomic mass is 10.1. The van der Waals surface area contributed by atoms with Crippen LogP contribution in [0.15, 0.2) is 47.4 Å². The second-order valence-electron chi connectivity index (χ2n) is 6.15. The number of rotatable bonds is 8. The molecular weight excluding hydrogens is 386 g/mol. The van der Waals surface area contributed by atoms with E-state index in [0.717, 1.165) is 24.0 Å². The van der Waals surface area contributed by atoms with Crippen LogP contribution in [-0.2, 0) is 10.0 Å². The Bertz CT molecular complexity index is 886. The first-order valence-electron chi connectivity index (χ1n) is 8.52. The Kier molecular flexibility index (Phi) is 8.75. The van der Waals surface area contributed by atoms with E-state index in [1.165, 1.54) is 12.1 Å². The van der Waals surface area contributed by atoms with Crippen LogP contribution >= 0.6 is 12.4 Å². The van der Waals surface area contributed by atoms with Gasteiger partial charge in [-0.3, -0.25) is 9.52 Å². The Morgan fingerprint density at radius 3 is 2.41 bits per heavy atom. The minimum atomic E-state index is -3.78. The summed E-state index contributed by atoms with van der Waals surface area (Å²) in [5.74, 6) is -0.285. The van der Waals surface area contributed by atoms with E-state index in [4.69, 9.17) is 5.73 Å². The number of amides is 1. The molecule has 2 aromatic rings. The molecule has 8 heteroatoms. The van der Waals surface area contributed by atoms with Gasteiger partial charge < -0.3 is 11.1 Å². The molecule has 0 aliphatic rings. The standard InChI is InChI=1S/C19H25N3O3S.ClH/c1-14-9-10-16(13-17(14)19(23)21-12-6-5-11-20)26(24,25)22-18-8-4-3-7-15(18)2;/h3-4,7-10,13,22H,5-6,11-12,20H2,1-2H3,(H,21,23);1H. The van der Waals surface area contributed by atoms with E-state index < -0.39 is 10.0 Å². The van der Waals surface area contributed by atoms with Gasteiger partial charge >= 0.3 is 0 Å². The van der Waals surface area contributed by atoms with Crippen LogP contribution in [-0.4, -0.2) is 27.4 Å². The van der Waals surface area contributed by atoms with Crippen LogP contribution in [0.2, 0.25) is 0 Å². The molecule has 1 amide bonds. The van der Waals surface area contributed by atoms with Crippen molar-refractivity contribution in [1.82, 2.24) is 5.32 Å². The van der Waals surface area contributed by atoms with Crippen molar-refractivity contribution in [2.75, 3.05) is 17.8 Å². The van der Waals surface area contributed by atoms with Gasteiger partial charge in [-0.1, -0.05) is 24.3 Å². The third-order valence-corrected chi connectivity index (χ3v) is 5.43. The second kappa shape index (κ2) is 10.3. The van der Waals surface area contributed by atoms with Crippen molar-refractivity contribution in [1.29, 1.82) is 0 Å². The highest BCUT2D eigenvalue weighted by molar-refractivity contribution is 7.92. The van der Waals surface area contributed by atoms with Gasteiger partial charge in [-0.25, -0.2) is 8.42 Å². The molecule has 0 fully saturated rings. The molecule has 0 saturated heterocycles. The maximum Gasteiger partial charge on any atom is 0.261 e. The van der Waals surface area contributed by atoms with Crippen molar-refractivity contribution < 1.29 is 13.2 Å². The van der Waals surface area contributed by atoms with Crippen LogP contribution in [0.1, 0.15) is 34.3 Å². The first-order chi connectivity index (χ1) is 12.3. The minimum Gasteiger partial charge on any atom is -0.352 e. The molecule has 6 nitrogen and oxygen atoms in total. The fraction of sp³-hybridized carbons (Fsp3) is 0.316. The number of benzene rings is 2. The number of sulfonamides is 1. The predicted octanol–water partition coefficient (Wildman–Crippen LogP) is 2.99. The summed E-state index contributed by atoms with van der Waals surface area (Å²) in [5, 5.41) is 2.80. The van der Waals surface area contributed by atoms with Crippen molar-refractivity contribution in [3.8, 4) is 0 Å². The van der Waals surface area contributed by atoms with E-state index in [0.29, 0.717) is 24.3 Å². The molecule has 2 aromatic carbocycles. The Hall–Kier alpha value is -2.09. The number of unbranched alkanes of at least 4 members (excludes halogenated alkanes) is 1. The van der Waals surface area contributed by atoms with Crippen LogP contribution < -0.4 is 15.8 Å². The Labute approximate surface area is 167 Å². The van der Waals surface area contributed by atoms with Gasteiger partial charge in [-0.15, -0.1) is 12.4 Å². The van der Waals surface area contributed by atoms with E-state index in [9.17, 15) is 13.2 Å². The van der Waals surface area contributed by atoms with Crippen LogP contribution in [0.5, 0.6) is 0 Å². The van der Waals surface area contributed by atoms with E-state index in [2.05, 4.69) is 10.0 Å². The number of aryl methyl sites for hydroxylation is 2. The van der Waals surface area contributed by atoms with E-state index in [1.54, 1.807) is 25.1 Å². The lowest BCUT2D eigenvalue weighted by Crippen LogP contribution is -2.26.